The van der Waals surface area contributed by atoms with E-state index in [0.29, 0.717) is 49.8 Å². The number of carbonyl (C=O) groups excluding carboxylic acids is 2. The molecule has 3 aliphatic rings. The predicted octanol–water partition coefficient (Wildman–Crippen LogP) is 2.81. The molecule has 140 valence electrons. The molecule has 1 saturated heterocycles. The van der Waals surface area contributed by atoms with Crippen molar-refractivity contribution in [1.82, 2.24) is 9.80 Å². The Bertz CT molecular complexity index is 682. The standard InChI is InChI=1S/C21H28N2O3/c1-26-19-4-2-3-17(13-19)21(25)23-9-7-22(8-10-23)20(24)14-18-12-15-5-6-16(18)11-15/h2-4,13,15-16,18H,5-12,14H2,1H3. The quantitative estimate of drug-likeness (QED) is 0.834. The summed E-state index contributed by atoms with van der Waals surface area (Å²) in [7, 11) is 1.60. The Morgan fingerprint density at radius 3 is 2.50 bits per heavy atom. The summed E-state index contributed by atoms with van der Waals surface area (Å²) in [6.07, 6.45) is 6.02. The van der Waals surface area contributed by atoms with Crippen molar-refractivity contribution in [3.05, 3.63) is 29.8 Å². The van der Waals surface area contributed by atoms with Gasteiger partial charge in [0.25, 0.3) is 5.91 Å². The van der Waals surface area contributed by atoms with Crippen molar-refractivity contribution >= 4 is 11.8 Å². The molecular weight excluding hydrogens is 328 g/mol. The van der Waals surface area contributed by atoms with Crippen LogP contribution in [0.5, 0.6) is 5.75 Å². The highest BCUT2D eigenvalue weighted by Crippen LogP contribution is 2.49. The van der Waals surface area contributed by atoms with E-state index >= 15 is 0 Å². The van der Waals surface area contributed by atoms with Gasteiger partial charge in [0, 0.05) is 38.2 Å². The fourth-order valence-corrected chi connectivity index (χ4v) is 5.08. The molecule has 5 nitrogen and oxygen atoms in total. The van der Waals surface area contributed by atoms with Crippen molar-refractivity contribution in [3.8, 4) is 5.75 Å². The minimum absolute atomic E-state index is 0.0177. The van der Waals surface area contributed by atoms with Gasteiger partial charge < -0.3 is 14.5 Å². The first-order valence-electron chi connectivity index (χ1n) is 9.85. The lowest BCUT2D eigenvalue weighted by molar-refractivity contribution is -0.134. The van der Waals surface area contributed by atoms with Crippen LogP contribution >= 0.6 is 0 Å². The number of fused-ring (bicyclic) bond motifs is 2. The number of hydrogen-bond acceptors (Lipinski definition) is 3. The Balaban J connectivity index is 1.29. The number of benzene rings is 1. The number of hydrogen-bond donors (Lipinski definition) is 0. The zero-order chi connectivity index (χ0) is 18.1. The SMILES string of the molecule is COc1cccc(C(=O)N2CCN(C(=O)CC3CC4CCC3C4)CC2)c1. The third-order valence-electron chi connectivity index (χ3n) is 6.56. The Labute approximate surface area is 155 Å². The van der Waals surface area contributed by atoms with Gasteiger partial charge >= 0.3 is 0 Å². The second-order valence-electron chi connectivity index (χ2n) is 8.04. The summed E-state index contributed by atoms with van der Waals surface area (Å²) in [4.78, 5) is 29.1. The van der Waals surface area contributed by atoms with Crippen molar-refractivity contribution < 1.29 is 14.3 Å². The third-order valence-corrected chi connectivity index (χ3v) is 6.56. The number of rotatable bonds is 4. The summed E-state index contributed by atoms with van der Waals surface area (Å²) in [5, 5.41) is 0. The van der Waals surface area contributed by atoms with Crippen molar-refractivity contribution in [3.63, 3.8) is 0 Å². The fourth-order valence-electron chi connectivity index (χ4n) is 5.08. The van der Waals surface area contributed by atoms with Crippen molar-refractivity contribution in [2.75, 3.05) is 33.3 Å². The lowest BCUT2D eigenvalue weighted by Crippen LogP contribution is -2.51. The Kier molecular flexibility index (Phi) is 4.88. The molecule has 1 aromatic rings. The maximum atomic E-state index is 12.7. The summed E-state index contributed by atoms with van der Waals surface area (Å²) in [6.45, 7) is 2.52. The van der Waals surface area contributed by atoms with Crippen LogP contribution in [-0.4, -0.2) is 54.9 Å². The van der Waals surface area contributed by atoms with Gasteiger partial charge in [-0.05, 0) is 55.2 Å². The molecule has 4 rings (SSSR count). The number of ether oxygens (including phenoxy) is 1. The molecule has 0 radical (unpaired) electrons. The summed E-state index contributed by atoms with van der Waals surface area (Å²) < 4.78 is 5.20. The molecule has 0 N–H and O–H groups in total. The van der Waals surface area contributed by atoms with Crippen LogP contribution in [0.25, 0.3) is 0 Å². The Morgan fingerprint density at radius 2 is 1.85 bits per heavy atom. The number of piperazine rings is 1. The van der Waals surface area contributed by atoms with E-state index in [2.05, 4.69) is 0 Å². The van der Waals surface area contributed by atoms with Crippen molar-refractivity contribution in [2.24, 2.45) is 17.8 Å². The number of nitrogens with zero attached hydrogens (tertiary/aromatic N) is 2. The highest BCUT2D eigenvalue weighted by atomic mass is 16.5. The normalized spacial score (nSPS) is 27.7. The van der Waals surface area contributed by atoms with Gasteiger partial charge in [-0.25, -0.2) is 0 Å². The molecular formula is C21H28N2O3. The van der Waals surface area contributed by atoms with Crippen LogP contribution in [0, 0.1) is 17.8 Å². The molecule has 1 aliphatic heterocycles. The Morgan fingerprint density at radius 1 is 1.08 bits per heavy atom. The summed E-state index contributed by atoms with van der Waals surface area (Å²) in [5.74, 6) is 3.28. The molecule has 2 aliphatic carbocycles. The fraction of sp³-hybridized carbons (Fsp3) is 0.619. The van der Waals surface area contributed by atoms with Gasteiger partial charge in [0.05, 0.1) is 7.11 Å². The lowest BCUT2D eigenvalue weighted by atomic mass is 9.86. The molecule has 3 atom stereocenters. The minimum atomic E-state index is 0.0177. The average Bonchev–Trinajstić information content (AvgIpc) is 3.30. The van der Waals surface area contributed by atoms with Gasteiger partial charge in [0.1, 0.15) is 5.75 Å². The van der Waals surface area contributed by atoms with Crippen LogP contribution in [0.2, 0.25) is 0 Å². The predicted molar refractivity (Wildman–Crippen MR) is 99.0 cm³/mol. The number of carbonyl (C=O) groups is 2. The smallest absolute Gasteiger partial charge is 0.254 e. The molecule has 2 bridgehead atoms. The number of methoxy groups -OCH3 is 1. The average molecular weight is 356 g/mol. The van der Waals surface area contributed by atoms with E-state index < -0.39 is 0 Å². The molecule has 1 aromatic carbocycles. The van der Waals surface area contributed by atoms with Gasteiger partial charge in [-0.2, -0.15) is 0 Å². The highest BCUT2D eigenvalue weighted by molar-refractivity contribution is 5.94. The lowest BCUT2D eigenvalue weighted by Gasteiger charge is -2.36. The maximum Gasteiger partial charge on any atom is 0.254 e. The highest BCUT2D eigenvalue weighted by Gasteiger charge is 2.40. The second kappa shape index (κ2) is 7.29. The molecule has 2 saturated carbocycles. The van der Waals surface area contributed by atoms with Crippen LogP contribution in [-0.2, 0) is 4.79 Å². The van der Waals surface area contributed by atoms with Crippen LogP contribution in [0.3, 0.4) is 0 Å². The Hall–Kier alpha value is -2.04. The molecule has 26 heavy (non-hydrogen) atoms. The first kappa shape index (κ1) is 17.4. The molecule has 2 amide bonds. The topological polar surface area (TPSA) is 49.9 Å². The van der Waals surface area contributed by atoms with Gasteiger partial charge in [-0.1, -0.05) is 12.5 Å². The molecule has 3 fully saturated rings. The van der Waals surface area contributed by atoms with E-state index in [4.69, 9.17) is 4.74 Å². The summed E-state index contributed by atoms with van der Waals surface area (Å²) >= 11 is 0. The van der Waals surface area contributed by atoms with E-state index in [1.807, 2.05) is 28.0 Å². The van der Waals surface area contributed by atoms with Crippen molar-refractivity contribution in [1.29, 1.82) is 0 Å². The van der Waals surface area contributed by atoms with Gasteiger partial charge in [-0.15, -0.1) is 0 Å². The first-order valence-corrected chi connectivity index (χ1v) is 9.85. The second-order valence-corrected chi connectivity index (χ2v) is 8.04. The van der Waals surface area contributed by atoms with Gasteiger partial charge in [0.15, 0.2) is 0 Å². The molecule has 5 heteroatoms. The largest absolute Gasteiger partial charge is 0.497 e. The van der Waals surface area contributed by atoms with Gasteiger partial charge in [0.2, 0.25) is 5.91 Å². The zero-order valence-corrected chi connectivity index (χ0v) is 15.5. The number of amides is 2. The maximum absolute atomic E-state index is 12.7. The first-order chi connectivity index (χ1) is 12.6. The van der Waals surface area contributed by atoms with E-state index in [1.54, 1.807) is 13.2 Å². The van der Waals surface area contributed by atoms with Crippen LogP contribution in [0.1, 0.15) is 42.5 Å². The van der Waals surface area contributed by atoms with Crippen LogP contribution in [0.15, 0.2) is 24.3 Å². The monoisotopic (exact) mass is 356 g/mol. The van der Waals surface area contributed by atoms with Crippen LogP contribution in [0.4, 0.5) is 0 Å². The molecule has 1 heterocycles. The molecule has 0 aromatic heterocycles. The van der Waals surface area contributed by atoms with Gasteiger partial charge in [-0.3, -0.25) is 9.59 Å². The van der Waals surface area contributed by atoms with E-state index in [9.17, 15) is 9.59 Å². The molecule has 3 unspecified atom stereocenters. The third kappa shape index (κ3) is 3.44. The van der Waals surface area contributed by atoms with E-state index in [-0.39, 0.29) is 11.8 Å². The summed E-state index contributed by atoms with van der Waals surface area (Å²) in [6, 6.07) is 7.26. The summed E-state index contributed by atoms with van der Waals surface area (Å²) in [5.41, 5.74) is 0.645. The van der Waals surface area contributed by atoms with E-state index in [0.717, 1.165) is 11.8 Å². The van der Waals surface area contributed by atoms with E-state index in [1.165, 1.54) is 25.7 Å². The zero-order valence-electron chi connectivity index (χ0n) is 15.5. The minimum Gasteiger partial charge on any atom is -0.497 e. The van der Waals surface area contributed by atoms with Crippen molar-refractivity contribution in [2.45, 2.75) is 32.1 Å². The van der Waals surface area contributed by atoms with Crippen LogP contribution < -0.4 is 4.74 Å². The molecule has 0 spiro atoms.